The third-order valence-electron chi connectivity index (χ3n) is 4.56. The SMILES string of the molecule is CS(=O)(=O)Nc1ccc2c(c1Br)C(c1ccccc1)Oc1cccc(OC(F)F)c1-2. The number of nitrogens with one attached hydrogen (secondary N) is 1. The summed E-state index contributed by atoms with van der Waals surface area (Å²) in [6, 6.07) is 17.3. The summed E-state index contributed by atoms with van der Waals surface area (Å²) in [4.78, 5) is 0. The Labute approximate surface area is 180 Å². The van der Waals surface area contributed by atoms with E-state index in [-0.39, 0.29) is 5.75 Å². The van der Waals surface area contributed by atoms with Gasteiger partial charge in [0.05, 0.1) is 17.5 Å². The van der Waals surface area contributed by atoms with Gasteiger partial charge in [-0.15, -0.1) is 0 Å². The van der Waals surface area contributed by atoms with Gasteiger partial charge in [0, 0.05) is 10.0 Å². The highest BCUT2D eigenvalue weighted by Crippen LogP contribution is 2.52. The van der Waals surface area contributed by atoms with Crippen LogP contribution in [-0.4, -0.2) is 21.3 Å². The Bertz CT molecular complexity index is 1200. The van der Waals surface area contributed by atoms with Crippen molar-refractivity contribution in [3.63, 3.8) is 0 Å². The largest absolute Gasteiger partial charge is 0.480 e. The van der Waals surface area contributed by atoms with Crippen LogP contribution in [-0.2, 0) is 10.0 Å². The highest BCUT2D eigenvalue weighted by Gasteiger charge is 2.33. The molecule has 3 aromatic rings. The molecule has 1 atom stereocenters. The van der Waals surface area contributed by atoms with E-state index < -0.39 is 22.7 Å². The first-order chi connectivity index (χ1) is 14.2. The predicted octanol–water partition coefficient (Wildman–Crippen LogP) is 5.57. The van der Waals surface area contributed by atoms with Crippen molar-refractivity contribution in [1.82, 2.24) is 0 Å². The molecule has 1 aliphatic rings. The molecule has 1 aliphatic heterocycles. The maximum absolute atomic E-state index is 13.0. The van der Waals surface area contributed by atoms with Crippen LogP contribution in [0.3, 0.4) is 0 Å². The van der Waals surface area contributed by atoms with Crippen molar-refractivity contribution in [2.24, 2.45) is 0 Å². The second kappa shape index (κ2) is 7.88. The van der Waals surface area contributed by atoms with Gasteiger partial charge in [-0.3, -0.25) is 4.72 Å². The molecule has 0 amide bonds. The van der Waals surface area contributed by atoms with Gasteiger partial charge in [0.2, 0.25) is 10.0 Å². The molecule has 0 saturated heterocycles. The Morgan fingerprint density at radius 3 is 2.47 bits per heavy atom. The molecule has 0 spiro atoms. The smallest absolute Gasteiger partial charge is 0.387 e. The van der Waals surface area contributed by atoms with E-state index in [4.69, 9.17) is 9.47 Å². The van der Waals surface area contributed by atoms with E-state index >= 15 is 0 Å². The zero-order valence-electron chi connectivity index (χ0n) is 15.6. The van der Waals surface area contributed by atoms with Gasteiger partial charge in [-0.2, -0.15) is 8.78 Å². The summed E-state index contributed by atoms with van der Waals surface area (Å²) in [5.74, 6) is 0.371. The summed E-state index contributed by atoms with van der Waals surface area (Å²) < 4.78 is 63.4. The number of anilines is 1. The molecule has 0 aliphatic carbocycles. The summed E-state index contributed by atoms with van der Waals surface area (Å²) in [6.45, 7) is -3.00. The van der Waals surface area contributed by atoms with Crippen molar-refractivity contribution >= 4 is 31.6 Å². The minimum atomic E-state index is -3.54. The number of ether oxygens (including phenoxy) is 2. The Morgan fingerprint density at radius 1 is 1.07 bits per heavy atom. The van der Waals surface area contributed by atoms with Crippen LogP contribution in [0.5, 0.6) is 11.5 Å². The molecule has 1 N–H and O–H groups in total. The van der Waals surface area contributed by atoms with Crippen LogP contribution in [0.4, 0.5) is 14.5 Å². The van der Waals surface area contributed by atoms with Crippen LogP contribution < -0.4 is 14.2 Å². The van der Waals surface area contributed by atoms with E-state index in [0.29, 0.717) is 32.6 Å². The Kier molecular flexibility index (Phi) is 5.42. The van der Waals surface area contributed by atoms with Crippen molar-refractivity contribution in [2.45, 2.75) is 12.7 Å². The number of hydrogen-bond acceptors (Lipinski definition) is 4. The lowest BCUT2D eigenvalue weighted by atomic mass is 9.89. The highest BCUT2D eigenvalue weighted by molar-refractivity contribution is 9.10. The topological polar surface area (TPSA) is 64.6 Å². The van der Waals surface area contributed by atoms with Crippen molar-refractivity contribution in [1.29, 1.82) is 0 Å². The molecular formula is C21H16BrF2NO4S. The van der Waals surface area contributed by atoms with E-state index in [0.717, 1.165) is 11.8 Å². The van der Waals surface area contributed by atoms with E-state index in [1.807, 2.05) is 30.3 Å². The number of benzene rings is 3. The van der Waals surface area contributed by atoms with Gasteiger partial charge in [0.1, 0.15) is 11.5 Å². The zero-order chi connectivity index (χ0) is 21.5. The summed E-state index contributed by atoms with van der Waals surface area (Å²) >= 11 is 3.49. The zero-order valence-corrected chi connectivity index (χ0v) is 18.0. The van der Waals surface area contributed by atoms with Gasteiger partial charge in [0.15, 0.2) is 6.10 Å². The second-order valence-electron chi connectivity index (χ2n) is 6.68. The molecule has 1 unspecified atom stereocenters. The maximum atomic E-state index is 13.0. The lowest BCUT2D eigenvalue weighted by Gasteiger charge is -2.31. The standard InChI is InChI=1S/C21H16BrF2NO4S/c1-30(26,27)25-14-11-10-13-17-15(8-5-9-16(17)29-21(23)24)28-20(18(13)19(14)22)12-6-3-2-4-7-12/h2-11,20-21,25H,1H3. The molecule has 5 nitrogen and oxygen atoms in total. The van der Waals surface area contributed by atoms with Gasteiger partial charge in [-0.05, 0) is 45.3 Å². The van der Waals surface area contributed by atoms with Crippen molar-refractivity contribution < 1.29 is 26.7 Å². The minimum Gasteiger partial charge on any atom is -0.480 e. The first-order valence-corrected chi connectivity index (χ1v) is 11.5. The van der Waals surface area contributed by atoms with E-state index in [1.165, 1.54) is 6.07 Å². The summed E-state index contributed by atoms with van der Waals surface area (Å²) in [7, 11) is -3.54. The molecule has 30 heavy (non-hydrogen) atoms. The van der Waals surface area contributed by atoms with Gasteiger partial charge >= 0.3 is 6.61 Å². The van der Waals surface area contributed by atoms with Crippen molar-refractivity contribution in [2.75, 3.05) is 11.0 Å². The number of alkyl halides is 2. The first-order valence-electron chi connectivity index (χ1n) is 8.84. The molecule has 3 aromatic carbocycles. The maximum Gasteiger partial charge on any atom is 0.387 e. The molecule has 0 bridgehead atoms. The number of fused-ring (bicyclic) bond motifs is 3. The summed E-state index contributed by atoms with van der Waals surface area (Å²) in [5.41, 5.74) is 2.73. The van der Waals surface area contributed by atoms with E-state index in [9.17, 15) is 17.2 Å². The van der Waals surface area contributed by atoms with Crippen LogP contribution in [0, 0.1) is 0 Å². The number of halogens is 3. The van der Waals surface area contributed by atoms with Crippen molar-refractivity contribution in [3.05, 3.63) is 76.3 Å². The number of sulfonamides is 1. The molecule has 0 saturated carbocycles. The average Bonchev–Trinajstić information content (AvgIpc) is 2.68. The summed E-state index contributed by atoms with van der Waals surface area (Å²) in [5, 5.41) is 0. The van der Waals surface area contributed by atoms with E-state index in [1.54, 1.807) is 24.3 Å². The molecule has 1 heterocycles. The molecule has 4 rings (SSSR count). The summed E-state index contributed by atoms with van der Waals surface area (Å²) in [6.07, 6.45) is 0.458. The van der Waals surface area contributed by atoms with E-state index in [2.05, 4.69) is 20.7 Å². The Balaban J connectivity index is 1.97. The first kappa shape index (κ1) is 20.6. The van der Waals surface area contributed by atoms with Crippen LogP contribution in [0.1, 0.15) is 17.2 Å². The van der Waals surface area contributed by atoms with Gasteiger partial charge in [-0.25, -0.2) is 8.42 Å². The normalized spacial score (nSPS) is 15.2. The van der Waals surface area contributed by atoms with Gasteiger partial charge < -0.3 is 9.47 Å². The van der Waals surface area contributed by atoms with Gasteiger partial charge in [-0.1, -0.05) is 42.5 Å². The fourth-order valence-electron chi connectivity index (χ4n) is 3.46. The highest BCUT2D eigenvalue weighted by atomic mass is 79.9. The number of hydrogen-bond donors (Lipinski definition) is 1. The monoisotopic (exact) mass is 495 g/mol. The molecule has 0 fully saturated rings. The molecule has 9 heteroatoms. The molecule has 0 radical (unpaired) electrons. The fraction of sp³-hybridized carbons (Fsp3) is 0.143. The molecular weight excluding hydrogens is 480 g/mol. The Morgan fingerprint density at radius 2 is 1.80 bits per heavy atom. The van der Waals surface area contributed by atoms with Crippen LogP contribution >= 0.6 is 15.9 Å². The quantitative estimate of drug-likeness (QED) is 0.502. The number of rotatable bonds is 5. The molecule has 0 aromatic heterocycles. The lowest BCUT2D eigenvalue weighted by molar-refractivity contribution is -0.0496. The van der Waals surface area contributed by atoms with Crippen molar-refractivity contribution in [3.8, 4) is 22.6 Å². The van der Waals surface area contributed by atoms with Crippen LogP contribution in [0.25, 0.3) is 11.1 Å². The average molecular weight is 496 g/mol. The van der Waals surface area contributed by atoms with Gasteiger partial charge in [0.25, 0.3) is 0 Å². The minimum absolute atomic E-state index is 0.0222. The fourth-order valence-corrected chi connectivity index (χ4v) is 4.82. The third kappa shape index (κ3) is 3.99. The molecule has 156 valence electrons. The third-order valence-corrected chi connectivity index (χ3v) is 6.00. The predicted molar refractivity (Wildman–Crippen MR) is 114 cm³/mol. The van der Waals surface area contributed by atoms with Crippen LogP contribution in [0.15, 0.2) is 65.1 Å². The van der Waals surface area contributed by atoms with Crippen LogP contribution in [0.2, 0.25) is 0 Å². The Hall–Kier alpha value is -2.65. The second-order valence-corrected chi connectivity index (χ2v) is 9.22. The lowest BCUT2D eigenvalue weighted by Crippen LogP contribution is -2.18.